The molecule has 0 saturated heterocycles. The number of benzene rings is 1. The summed E-state index contributed by atoms with van der Waals surface area (Å²) in [4.78, 5) is 25.7. The van der Waals surface area contributed by atoms with Crippen molar-refractivity contribution in [3.63, 3.8) is 0 Å². The van der Waals surface area contributed by atoms with Crippen LogP contribution in [0.15, 0.2) is 69.7 Å². The number of nitrogens with zero attached hydrogens (tertiary/aromatic N) is 3. The number of carbonyl (C=O) groups excluding carboxylic acids is 1. The van der Waals surface area contributed by atoms with E-state index in [0.29, 0.717) is 35.6 Å². The molecule has 2 heterocycles. The summed E-state index contributed by atoms with van der Waals surface area (Å²) in [5.41, 5.74) is 7.75. The van der Waals surface area contributed by atoms with Gasteiger partial charge in [0.1, 0.15) is 11.6 Å². The van der Waals surface area contributed by atoms with Crippen LogP contribution in [-0.4, -0.2) is 10.7 Å². The molecule has 1 aromatic carbocycles. The van der Waals surface area contributed by atoms with Gasteiger partial charge in [-0.2, -0.15) is 5.26 Å². The topological polar surface area (TPSA) is 126 Å². The second kappa shape index (κ2) is 6.88. The van der Waals surface area contributed by atoms with Crippen molar-refractivity contribution in [2.45, 2.75) is 32.6 Å². The first-order chi connectivity index (χ1) is 14.2. The molecule has 1 aromatic heterocycles. The number of anilines is 1. The molecule has 2 aromatic rings. The minimum atomic E-state index is -0.696. The number of carbonyl (C=O) groups is 1. The van der Waals surface area contributed by atoms with E-state index in [1.165, 1.54) is 18.4 Å². The number of nitro benzene ring substituents is 1. The van der Waals surface area contributed by atoms with Crippen LogP contribution >= 0.6 is 0 Å². The molecule has 0 amide bonds. The third kappa shape index (κ3) is 3.05. The summed E-state index contributed by atoms with van der Waals surface area (Å²) in [6.45, 7) is 3.98. The largest absolute Gasteiger partial charge is 0.468 e. The maximum atomic E-state index is 13.3. The Bertz CT molecular complexity index is 1150. The van der Waals surface area contributed by atoms with Crippen LogP contribution in [0.2, 0.25) is 0 Å². The fourth-order valence-corrected chi connectivity index (χ4v) is 4.29. The van der Waals surface area contributed by atoms with Crippen molar-refractivity contribution in [2.75, 3.05) is 4.90 Å². The third-order valence-electron chi connectivity index (χ3n) is 5.51. The van der Waals surface area contributed by atoms with Gasteiger partial charge < -0.3 is 10.2 Å². The second-order valence-electron chi connectivity index (χ2n) is 8.27. The molecule has 8 nitrogen and oxygen atoms in total. The van der Waals surface area contributed by atoms with Gasteiger partial charge in [-0.05, 0) is 30.0 Å². The maximum absolute atomic E-state index is 13.3. The first-order valence-electron chi connectivity index (χ1n) is 9.47. The van der Waals surface area contributed by atoms with Crippen molar-refractivity contribution in [3.8, 4) is 6.07 Å². The molecular formula is C22H20N4O4. The second-order valence-corrected chi connectivity index (χ2v) is 8.27. The van der Waals surface area contributed by atoms with Crippen LogP contribution in [-0.2, 0) is 4.79 Å². The fourth-order valence-electron chi connectivity index (χ4n) is 4.29. The summed E-state index contributed by atoms with van der Waals surface area (Å²) in [5, 5.41) is 21.2. The van der Waals surface area contributed by atoms with Crippen LogP contribution in [0.4, 0.5) is 11.4 Å². The first-order valence-corrected chi connectivity index (χ1v) is 9.47. The van der Waals surface area contributed by atoms with Crippen molar-refractivity contribution < 1.29 is 14.1 Å². The molecule has 1 atom stereocenters. The number of furan rings is 1. The molecular weight excluding hydrogens is 384 g/mol. The highest BCUT2D eigenvalue weighted by molar-refractivity contribution is 6.01. The first kappa shape index (κ1) is 19.5. The van der Waals surface area contributed by atoms with Gasteiger partial charge in [0.2, 0.25) is 0 Å². The van der Waals surface area contributed by atoms with Crippen LogP contribution in [0.25, 0.3) is 0 Å². The summed E-state index contributed by atoms with van der Waals surface area (Å²) in [7, 11) is 0. The molecule has 0 spiro atoms. The molecule has 30 heavy (non-hydrogen) atoms. The Morgan fingerprint density at radius 2 is 2.07 bits per heavy atom. The highest BCUT2D eigenvalue weighted by Gasteiger charge is 2.45. The number of nitriles is 1. The number of hydrogen-bond donors (Lipinski definition) is 1. The molecule has 8 heteroatoms. The number of nitro groups is 1. The third-order valence-corrected chi connectivity index (χ3v) is 5.51. The molecule has 0 unspecified atom stereocenters. The Labute approximate surface area is 173 Å². The van der Waals surface area contributed by atoms with Gasteiger partial charge in [-0.25, -0.2) is 0 Å². The number of allylic oxidation sites excluding steroid dienone is 3. The lowest BCUT2D eigenvalue weighted by atomic mass is 9.69. The molecule has 2 aliphatic rings. The van der Waals surface area contributed by atoms with Crippen molar-refractivity contribution in [1.82, 2.24) is 0 Å². The normalized spacial score (nSPS) is 20.8. The number of rotatable bonds is 3. The standard InChI is InChI=1S/C22H20N4O4/c1-22(2)10-16-20(17(27)11-22)19(18-7-4-8-30-18)15(12-23)21(24)25(16)13-5-3-6-14(9-13)26(28)29/h3-9,19H,10-11,24H2,1-2H3/t19-/m0/s1. The molecule has 2 N–H and O–H groups in total. The molecule has 1 aliphatic carbocycles. The number of Topliss-reactive ketones (excluding diaryl/α,β-unsaturated/α-hetero) is 1. The quantitative estimate of drug-likeness (QED) is 0.602. The van der Waals surface area contributed by atoms with E-state index in [1.54, 1.807) is 29.2 Å². The van der Waals surface area contributed by atoms with E-state index in [9.17, 15) is 20.2 Å². The van der Waals surface area contributed by atoms with Gasteiger partial charge >= 0.3 is 0 Å². The van der Waals surface area contributed by atoms with Gasteiger partial charge in [-0.1, -0.05) is 19.9 Å². The van der Waals surface area contributed by atoms with Crippen molar-refractivity contribution in [3.05, 3.63) is 81.2 Å². The summed E-state index contributed by atoms with van der Waals surface area (Å²) in [6.07, 6.45) is 2.34. The van der Waals surface area contributed by atoms with E-state index in [4.69, 9.17) is 10.2 Å². The van der Waals surface area contributed by atoms with Gasteiger partial charge in [-0.3, -0.25) is 19.8 Å². The predicted molar refractivity (Wildman–Crippen MR) is 109 cm³/mol. The van der Waals surface area contributed by atoms with Gasteiger partial charge in [0.25, 0.3) is 5.69 Å². The molecule has 0 saturated carbocycles. The van der Waals surface area contributed by atoms with E-state index in [1.807, 2.05) is 13.8 Å². The van der Waals surface area contributed by atoms with Crippen LogP contribution in [0, 0.1) is 26.9 Å². The van der Waals surface area contributed by atoms with Crippen molar-refractivity contribution >= 4 is 17.2 Å². The van der Waals surface area contributed by atoms with Crippen molar-refractivity contribution in [1.29, 1.82) is 5.26 Å². The Morgan fingerprint density at radius 3 is 2.70 bits per heavy atom. The minimum absolute atomic E-state index is 0.0849. The van der Waals surface area contributed by atoms with E-state index in [2.05, 4.69) is 6.07 Å². The molecule has 4 rings (SSSR count). The number of nitrogens with two attached hydrogens (primary N) is 1. The minimum Gasteiger partial charge on any atom is -0.468 e. The Morgan fingerprint density at radius 1 is 1.30 bits per heavy atom. The van der Waals surface area contributed by atoms with Crippen LogP contribution in [0.1, 0.15) is 38.4 Å². The predicted octanol–water partition coefficient (Wildman–Crippen LogP) is 4.13. The van der Waals surface area contributed by atoms with Crippen LogP contribution < -0.4 is 10.6 Å². The number of non-ortho nitro benzene ring substituents is 1. The lowest BCUT2D eigenvalue weighted by molar-refractivity contribution is -0.384. The highest BCUT2D eigenvalue weighted by Crippen LogP contribution is 2.50. The van der Waals surface area contributed by atoms with Gasteiger partial charge in [0, 0.05) is 29.8 Å². The van der Waals surface area contributed by atoms with Gasteiger partial charge in [0.15, 0.2) is 5.78 Å². The van der Waals surface area contributed by atoms with Gasteiger partial charge in [-0.15, -0.1) is 0 Å². The number of hydrogen-bond acceptors (Lipinski definition) is 7. The highest BCUT2D eigenvalue weighted by atomic mass is 16.6. The zero-order valence-electron chi connectivity index (χ0n) is 16.6. The van der Waals surface area contributed by atoms with Crippen molar-refractivity contribution in [2.24, 2.45) is 11.1 Å². The average molecular weight is 404 g/mol. The maximum Gasteiger partial charge on any atom is 0.271 e. The Hall–Kier alpha value is -3.86. The zero-order chi connectivity index (χ0) is 21.6. The summed E-state index contributed by atoms with van der Waals surface area (Å²) in [6, 6.07) is 11.6. The number of ketones is 1. The summed E-state index contributed by atoms with van der Waals surface area (Å²) >= 11 is 0. The van der Waals surface area contributed by atoms with E-state index in [0.717, 1.165) is 0 Å². The van der Waals surface area contributed by atoms with E-state index >= 15 is 0 Å². The van der Waals surface area contributed by atoms with E-state index < -0.39 is 10.8 Å². The Balaban J connectivity index is 1.99. The fraction of sp³-hybridized carbons (Fsp3) is 0.273. The van der Waals surface area contributed by atoms with Crippen LogP contribution in [0.3, 0.4) is 0 Å². The lowest BCUT2D eigenvalue weighted by Gasteiger charge is -2.43. The molecule has 152 valence electrons. The molecule has 0 radical (unpaired) electrons. The molecule has 0 bridgehead atoms. The molecule has 0 fully saturated rings. The average Bonchev–Trinajstić information content (AvgIpc) is 3.20. The smallest absolute Gasteiger partial charge is 0.271 e. The van der Waals surface area contributed by atoms with Gasteiger partial charge in [0.05, 0.1) is 34.4 Å². The molecule has 1 aliphatic heterocycles. The van der Waals surface area contributed by atoms with Crippen LogP contribution in [0.5, 0.6) is 0 Å². The SMILES string of the molecule is CC1(C)CC(=O)C2=C(C1)N(c1cccc([N+](=O)[O-])c1)C(N)=C(C#N)[C@H]2c1ccco1. The summed E-state index contributed by atoms with van der Waals surface area (Å²) < 4.78 is 5.56. The lowest BCUT2D eigenvalue weighted by Crippen LogP contribution is -2.42. The zero-order valence-corrected chi connectivity index (χ0v) is 16.6. The Kier molecular flexibility index (Phi) is 4.46. The summed E-state index contributed by atoms with van der Waals surface area (Å²) in [5.74, 6) is -0.172. The monoisotopic (exact) mass is 404 g/mol. The van der Waals surface area contributed by atoms with E-state index in [-0.39, 0.29) is 28.3 Å².